The molecule has 5 nitrogen and oxygen atoms in total. The Labute approximate surface area is 121 Å². The summed E-state index contributed by atoms with van der Waals surface area (Å²) in [6, 6.07) is 11.1. The maximum Gasteiger partial charge on any atom is 0.264 e. The van der Waals surface area contributed by atoms with E-state index >= 15 is 0 Å². The third-order valence-corrected chi connectivity index (χ3v) is 4.17. The zero-order valence-corrected chi connectivity index (χ0v) is 11.9. The molecule has 0 heterocycles. The SMILES string of the molecule is CNC(=O)c1ccccc1NS(=O)(=O)c1ccccc1F. The average molecular weight is 308 g/mol. The minimum Gasteiger partial charge on any atom is -0.355 e. The van der Waals surface area contributed by atoms with E-state index in [1.807, 2.05) is 0 Å². The standard InChI is InChI=1S/C14H13FN2O3S/c1-16-14(18)10-6-2-4-8-12(10)17-21(19,20)13-9-5-3-7-11(13)15/h2-9,17H,1H3,(H,16,18). The van der Waals surface area contributed by atoms with Gasteiger partial charge in [-0.25, -0.2) is 12.8 Å². The summed E-state index contributed by atoms with van der Waals surface area (Å²) in [5, 5.41) is 2.41. The Kier molecular flexibility index (Phi) is 4.23. The molecule has 0 saturated heterocycles. The van der Waals surface area contributed by atoms with Gasteiger partial charge in [0.2, 0.25) is 0 Å². The lowest BCUT2D eigenvalue weighted by molar-refractivity contribution is 0.0964. The van der Waals surface area contributed by atoms with Gasteiger partial charge in [0.05, 0.1) is 11.3 Å². The Bertz CT molecular complexity index is 775. The number of hydrogen-bond acceptors (Lipinski definition) is 3. The van der Waals surface area contributed by atoms with Crippen LogP contribution >= 0.6 is 0 Å². The molecule has 2 aromatic carbocycles. The molecule has 0 aliphatic heterocycles. The van der Waals surface area contributed by atoms with Crippen molar-refractivity contribution in [3.63, 3.8) is 0 Å². The lowest BCUT2D eigenvalue weighted by atomic mass is 10.2. The molecule has 0 atom stereocenters. The molecule has 0 bridgehead atoms. The highest BCUT2D eigenvalue weighted by molar-refractivity contribution is 7.92. The maximum atomic E-state index is 13.6. The first kappa shape index (κ1) is 15.0. The molecule has 0 fully saturated rings. The second-order valence-corrected chi connectivity index (χ2v) is 5.81. The maximum absolute atomic E-state index is 13.6. The number of benzene rings is 2. The number of rotatable bonds is 4. The summed E-state index contributed by atoms with van der Waals surface area (Å²) in [5.74, 6) is -1.30. The van der Waals surface area contributed by atoms with Gasteiger partial charge in [-0.1, -0.05) is 24.3 Å². The van der Waals surface area contributed by atoms with E-state index in [1.165, 1.54) is 31.3 Å². The van der Waals surface area contributed by atoms with E-state index in [9.17, 15) is 17.6 Å². The van der Waals surface area contributed by atoms with Crippen molar-refractivity contribution in [3.8, 4) is 0 Å². The van der Waals surface area contributed by atoms with Crippen molar-refractivity contribution < 1.29 is 17.6 Å². The first-order chi connectivity index (χ1) is 9.95. The highest BCUT2D eigenvalue weighted by Gasteiger charge is 2.21. The third-order valence-electron chi connectivity index (χ3n) is 2.77. The Morgan fingerprint density at radius 1 is 1.05 bits per heavy atom. The van der Waals surface area contributed by atoms with E-state index in [-0.39, 0.29) is 11.3 Å². The van der Waals surface area contributed by atoms with Gasteiger partial charge in [0, 0.05) is 7.05 Å². The summed E-state index contributed by atoms with van der Waals surface area (Å²) >= 11 is 0. The van der Waals surface area contributed by atoms with Gasteiger partial charge in [0.25, 0.3) is 15.9 Å². The normalized spacial score (nSPS) is 11.0. The Morgan fingerprint density at radius 3 is 2.33 bits per heavy atom. The third kappa shape index (κ3) is 3.19. The molecule has 0 saturated carbocycles. The molecule has 7 heteroatoms. The second-order valence-electron chi connectivity index (χ2n) is 4.16. The number of nitrogens with one attached hydrogen (secondary N) is 2. The quantitative estimate of drug-likeness (QED) is 0.907. The summed E-state index contributed by atoms with van der Waals surface area (Å²) in [4.78, 5) is 11.2. The minimum atomic E-state index is -4.11. The molecule has 2 aromatic rings. The minimum absolute atomic E-state index is 0.0834. The highest BCUT2D eigenvalue weighted by Crippen LogP contribution is 2.21. The molecule has 0 radical (unpaired) electrons. The van der Waals surface area contributed by atoms with Crippen LogP contribution in [0.4, 0.5) is 10.1 Å². The number of carbonyl (C=O) groups excluding carboxylic acids is 1. The first-order valence-electron chi connectivity index (χ1n) is 6.04. The second kappa shape index (κ2) is 5.92. The van der Waals surface area contributed by atoms with Crippen LogP contribution in [0.1, 0.15) is 10.4 Å². The lowest BCUT2D eigenvalue weighted by Gasteiger charge is -2.12. The van der Waals surface area contributed by atoms with Gasteiger partial charge < -0.3 is 5.32 Å². The predicted octanol–water partition coefficient (Wildman–Crippen LogP) is 1.99. The number of anilines is 1. The smallest absolute Gasteiger partial charge is 0.264 e. The summed E-state index contributed by atoms with van der Waals surface area (Å²) in [6.07, 6.45) is 0. The number of para-hydroxylation sites is 1. The zero-order valence-electron chi connectivity index (χ0n) is 11.1. The molecule has 1 amide bonds. The Hall–Kier alpha value is -2.41. The van der Waals surface area contributed by atoms with Gasteiger partial charge in [-0.3, -0.25) is 9.52 Å². The number of sulfonamides is 1. The number of halogens is 1. The zero-order chi connectivity index (χ0) is 15.5. The van der Waals surface area contributed by atoms with Crippen molar-refractivity contribution >= 4 is 21.6 Å². The van der Waals surface area contributed by atoms with Crippen LogP contribution in [0, 0.1) is 5.82 Å². The largest absolute Gasteiger partial charge is 0.355 e. The highest BCUT2D eigenvalue weighted by atomic mass is 32.2. The number of hydrogen-bond donors (Lipinski definition) is 2. The van der Waals surface area contributed by atoms with Gasteiger partial charge in [-0.05, 0) is 24.3 Å². The van der Waals surface area contributed by atoms with Gasteiger partial charge in [0.15, 0.2) is 0 Å². The van der Waals surface area contributed by atoms with Crippen LogP contribution in [0.2, 0.25) is 0 Å². The molecular weight excluding hydrogens is 295 g/mol. The van der Waals surface area contributed by atoms with Crippen LogP contribution in [-0.4, -0.2) is 21.4 Å². The molecule has 2 N–H and O–H groups in total. The first-order valence-corrected chi connectivity index (χ1v) is 7.52. The van der Waals surface area contributed by atoms with Crippen LogP contribution in [0.5, 0.6) is 0 Å². The van der Waals surface area contributed by atoms with Crippen molar-refractivity contribution in [1.82, 2.24) is 5.32 Å². The van der Waals surface area contributed by atoms with Crippen LogP contribution in [0.25, 0.3) is 0 Å². The molecular formula is C14H13FN2O3S. The molecule has 0 aliphatic carbocycles. The van der Waals surface area contributed by atoms with Crippen LogP contribution in [0.15, 0.2) is 53.4 Å². The van der Waals surface area contributed by atoms with Crippen LogP contribution < -0.4 is 10.0 Å². The molecule has 21 heavy (non-hydrogen) atoms. The van der Waals surface area contributed by atoms with E-state index in [0.29, 0.717) is 0 Å². The fraction of sp³-hybridized carbons (Fsp3) is 0.0714. The monoisotopic (exact) mass is 308 g/mol. The van der Waals surface area contributed by atoms with Crippen molar-refractivity contribution in [1.29, 1.82) is 0 Å². The number of amides is 1. The van der Waals surface area contributed by atoms with Gasteiger partial charge in [-0.15, -0.1) is 0 Å². The fourth-order valence-electron chi connectivity index (χ4n) is 1.77. The van der Waals surface area contributed by atoms with Crippen LogP contribution in [-0.2, 0) is 10.0 Å². The Morgan fingerprint density at radius 2 is 1.67 bits per heavy atom. The molecule has 0 unspecified atom stereocenters. The average Bonchev–Trinajstić information content (AvgIpc) is 2.47. The molecule has 0 aliphatic rings. The van der Waals surface area contributed by atoms with Crippen molar-refractivity contribution in [2.24, 2.45) is 0 Å². The summed E-state index contributed by atoms with van der Waals surface area (Å²) < 4.78 is 40.3. The molecule has 2 rings (SSSR count). The topological polar surface area (TPSA) is 75.3 Å². The predicted molar refractivity (Wildman–Crippen MR) is 77.0 cm³/mol. The molecule has 110 valence electrons. The van der Waals surface area contributed by atoms with Crippen LogP contribution in [0.3, 0.4) is 0 Å². The molecule has 0 spiro atoms. The van der Waals surface area contributed by atoms with Crippen molar-refractivity contribution in [2.45, 2.75) is 4.90 Å². The number of carbonyl (C=O) groups is 1. The summed E-state index contributed by atoms with van der Waals surface area (Å²) in [5.41, 5.74) is 0.236. The molecule has 0 aromatic heterocycles. The van der Waals surface area contributed by atoms with E-state index < -0.39 is 26.6 Å². The lowest BCUT2D eigenvalue weighted by Crippen LogP contribution is -2.22. The fourth-order valence-corrected chi connectivity index (χ4v) is 2.93. The van der Waals surface area contributed by atoms with Crippen molar-refractivity contribution in [3.05, 3.63) is 59.9 Å². The Balaban J connectivity index is 2.43. The summed E-state index contributed by atoms with van der Waals surface area (Å²) in [7, 11) is -2.68. The van der Waals surface area contributed by atoms with E-state index in [4.69, 9.17) is 0 Å². The van der Waals surface area contributed by atoms with Crippen molar-refractivity contribution in [2.75, 3.05) is 11.8 Å². The van der Waals surface area contributed by atoms with Gasteiger partial charge in [0.1, 0.15) is 10.7 Å². The van der Waals surface area contributed by atoms with Gasteiger partial charge in [-0.2, -0.15) is 0 Å². The summed E-state index contributed by atoms with van der Waals surface area (Å²) in [6.45, 7) is 0. The van der Waals surface area contributed by atoms with E-state index in [0.717, 1.165) is 12.1 Å². The van der Waals surface area contributed by atoms with E-state index in [2.05, 4.69) is 10.0 Å². The van der Waals surface area contributed by atoms with E-state index in [1.54, 1.807) is 12.1 Å². The van der Waals surface area contributed by atoms with Gasteiger partial charge >= 0.3 is 0 Å².